The molecule has 0 bridgehead atoms. The molecule has 160 valence electrons. The third-order valence-electron chi connectivity index (χ3n) is 4.62. The monoisotopic (exact) mass is 448 g/mol. The quantitative estimate of drug-likeness (QED) is 0.450. The second-order valence-electron chi connectivity index (χ2n) is 6.90. The van der Waals surface area contributed by atoms with Crippen LogP contribution in [0.15, 0.2) is 57.6 Å². The van der Waals surface area contributed by atoms with Gasteiger partial charge in [-0.25, -0.2) is 13.2 Å². The summed E-state index contributed by atoms with van der Waals surface area (Å²) in [7, 11) is -3.65. The summed E-state index contributed by atoms with van der Waals surface area (Å²) in [6.45, 7) is 0.173. The molecular weight excluding hydrogens is 424 g/mol. The van der Waals surface area contributed by atoms with E-state index in [0.29, 0.717) is 12.2 Å². The fourth-order valence-electron chi connectivity index (χ4n) is 3.06. The van der Waals surface area contributed by atoms with Crippen molar-refractivity contribution in [2.24, 2.45) is 0 Å². The SMILES string of the molecule is O=C(COC(=O)c1ccc(NS(=O)(=O)c2cccs2)cc1)NCCC1=CCCCC1. The Morgan fingerprint density at radius 1 is 1.10 bits per heavy atom. The molecule has 0 atom stereocenters. The first-order valence-electron chi connectivity index (χ1n) is 9.72. The van der Waals surface area contributed by atoms with Crippen LogP contribution >= 0.6 is 11.3 Å². The van der Waals surface area contributed by atoms with E-state index in [1.54, 1.807) is 11.4 Å². The molecule has 1 aromatic carbocycles. The summed E-state index contributed by atoms with van der Waals surface area (Å²) in [6.07, 6.45) is 7.68. The van der Waals surface area contributed by atoms with Gasteiger partial charge in [-0.05, 0) is 67.8 Å². The Morgan fingerprint density at radius 3 is 2.57 bits per heavy atom. The van der Waals surface area contributed by atoms with Crippen LogP contribution in [-0.4, -0.2) is 33.4 Å². The number of sulfonamides is 1. The van der Waals surface area contributed by atoms with E-state index in [9.17, 15) is 18.0 Å². The molecule has 0 spiro atoms. The number of amides is 1. The van der Waals surface area contributed by atoms with Gasteiger partial charge >= 0.3 is 5.97 Å². The molecule has 3 rings (SSSR count). The first-order chi connectivity index (χ1) is 14.4. The van der Waals surface area contributed by atoms with E-state index < -0.39 is 16.0 Å². The lowest BCUT2D eigenvalue weighted by Gasteiger charge is -2.13. The van der Waals surface area contributed by atoms with Gasteiger partial charge in [0.05, 0.1) is 5.56 Å². The molecule has 2 N–H and O–H groups in total. The van der Waals surface area contributed by atoms with Crippen molar-refractivity contribution in [1.29, 1.82) is 0 Å². The zero-order valence-electron chi connectivity index (χ0n) is 16.4. The number of carbonyl (C=O) groups is 2. The van der Waals surface area contributed by atoms with Crippen molar-refractivity contribution in [3.8, 4) is 0 Å². The molecule has 1 aliphatic rings. The van der Waals surface area contributed by atoms with Crippen LogP contribution < -0.4 is 10.0 Å². The van der Waals surface area contributed by atoms with E-state index >= 15 is 0 Å². The van der Waals surface area contributed by atoms with Gasteiger partial charge in [0, 0.05) is 12.2 Å². The second kappa shape index (κ2) is 10.4. The maximum absolute atomic E-state index is 12.2. The van der Waals surface area contributed by atoms with Crippen molar-refractivity contribution in [2.45, 2.75) is 36.3 Å². The number of anilines is 1. The van der Waals surface area contributed by atoms with Crippen LogP contribution in [0.25, 0.3) is 0 Å². The number of hydrogen-bond acceptors (Lipinski definition) is 6. The average Bonchev–Trinajstić information content (AvgIpc) is 3.29. The van der Waals surface area contributed by atoms with Gasteiger partial charge in [0.1, 0.15) is 4.21 Å². The van der Waals surface area contributed by atoms with Crippen LogP contribution in [0.5, 0.6) is 0 Å². The predicted octanol–water partition coefficient (Wildman–Crippen LogP) is 3.71. The summed E-state index contributed by atoms with van der Waals surface area (Å²) < 4.78 is 32.1. The summed E-state index contributed by atoms with van der Waals surface area (Å²) in [5.41, 5.74) is 1.93. The van der Waals surface area contributed by atoms with E-state index in [1.807, 2.05) is 0 Å². The van der Waals surface area contributed by atoms with Gasteiger partial charge in [0.15, 0.2) is 6.61 Å². The molecule has 0 fully saturated rings. The lowest BCUT2D eigenvalue weighted by Crippen LogP contribution is -2.29. The van der Waals surface area contributed by atoms with Crippen molar-refractivity contribution in [2.75, 3.05) is 17.9 Å². The number of allylic oxidation sites excluding steroid dienone is 1. The zero-order chi connectivity index (χ0) is 21.4. The minimum absolute atomic E-state index is 0.205. The molecule has 2 aromatic rings. The highest BCUT2D eigenvalue weighted by molar-refractivity contribution is 7.94. The number of rotatable bonds is 9. The van der Waals surface area contributed by atoms with Crippen LogP contribution in [0.1, 0.15) is 42.5 Å². The third-order valence-corrected chi connectivity index (χ3v) is 7.40. The molecule has 0 saturated heterocycles. The summed E-state index contributed by atoms with van der Waals surface area (Å²) in [5.74, 6) is -0.993. The van der Waals surface area contributed by atoms with Gasteiger partial charge in [0.25, 0.3) is 15.9 Å². The van der Waals surface area contributed by atoms with E-state index in [4.69, 9.17) is 4.74 Å². The summed E-state index contributed by atoms with van der Waals surface area (Å²) in [4.78, 5) is 24.0. The standard InChI is InChI=1S/C21H24N2O5S2/c24-19(22-13-12-16-5-2-1-3-6-16)15-28-21(25)17-8-10-18(11-9-17)23-30(26,27)20-7-4-14-29-20/h4-5,7-11,14,23H,1-3,6,12-13,15H2,(H,22,24). The number of nitrogens with one attached hydrogen (secondary N) is 2. The Bertz CT molecular complexity index is 997. The normalized spacial score (nSPS) is 13.9. The summed E-state index contributed by atoms with van der Waals surface area (Å²) in [5, 5.41) is 4.43. The molecule has 1 amide bonds. The number of thiophene rings is 1. The first-order valence-corrected chi connectivity index (χ1v) is 12.1. The van der Waals surface area contributed by atoms with E-state index in [2.05, 4.69) is 16.1 Å². The van der Waals surface area contributed by atoms with Crippen LogP contribution in [0.2, 0.25) is 0 Å². The van der Waals surface area contributed by atoms with Crippen molar-refractivity contribution in [3.63, 3.8) is 0 Å². The van der Waals surface area contributed by atoms with Crippen molar-refractivity contribution < 1.29 is 22.7 Å². The molecular formula is C21H24N2O5S2. The van der Waals surface area contributed by atoms with Crippen LogP contribution in [0.3, 0.4) is 0 Å². The molecule has 1 aromatic heterocycles. The van der Waals surface area contributed by atoms with E-state index in [1.165, 1.54) is 48.7 Å². The minimum Gasteiger partial charge on any atom is -0.452 e. The fourth-order valence-corrected chi connectivity index (χ4v) is 5.11. The van der Waals surface area contributed by atoms with Crippen molar-refractivity contribution >= 4 is 38.9 Å². The average molecular weight is 449 g/mol. The number of benzene rings is 1. The van der Waals surface area contributed by atoms with Gasteiger partial charge in [-0.15, -0.1) is 11.3 Å². The lowest BCUT2D eigenvalue weighted by molar-refractivity contribution is -0.124. The van der Waals surface area contributed by atoms with Crippen LogP contribution in [0, 0.1) is 0 Å². The summed E-state index contributed by atoms with van der Waals surface area (Å²) >= 11 is 1.11. The smallest absolute Gasteiger partial charge is 0.338 e. The Labute approximate surface area is 180 Å². The first kappa shape index (κ1) is 22.0. The molecule has 7 nitrogen and oxygen atoms in total. The fraction of sp³-hybridized carbons (Fsp3) is 0.333. The number of esters is 1. The highest BCUT2D eigenvalue weighted by atomic mass is 32.2. The molecule has 30 heavy (non-hydrogen) atoms. The van der Waals surface area contributed by atoms with Gasteiger partial charge in [-0.3, -0.25) is 9.52 Å². The Morgan fingerprint density at radius 2 is 1.90 bits per heavy atom. The molecule has 0 radical (unpaired) electrons. The number of carbonyl (C=O) groups excluding carboxylic acids is 2. The Kier molecular flexibility index (Phi) is 7.64. The lowest BCUT2D eigenvalue weighted by atomic mass is 9.97. The molecule has 1 heterocycles. The predicted molar refractivity (Wildman–Crippen MR) is 116 cm³/mol. The van der Waals surface area contributed by atoms with Gasteiger partial charge in [-0.2, -0.15) is 0 Å². The molecule has 1 aliphatic carbocycles. The Balaban J connectivity index is 1.43. The highest BCUT2D eigenvalue weighted by Crippen LogP contribution is 2.21. The summed E-state index contributed by atoms with van der Waals surface area (Å²) in [6, 6.07) is 9.00. The minimum atomic E-state index is -3.65. The maximum Gasteiger partial charge on any atom is 0.338 e. The molecule has 9 heteroatoms. The largest absolute Gasteiger partial charge is 0.452 e. The molecule has 0 aliphatic heterocycles. The van der Waals surface area contributed by atoms with Gasteiger partial charge in [0.2, 0.25) is 0 Å². The van der Waals surface area contributed by atoms with E-state index in [-0.39, 0.29) is 22.3 Å². The topological polar surface area (TPSA) is 102 Å². The Hall–Kier alpha value is -2.65. The third kappa shape index (κ3) is 6.43. The zero-order valence-corrected chi connectivity index (χ0v) is 18.1. The second-order valence-corrected chi connectivity index (χ2v) is 9.76. The van der Waals surface area contributed by atoms with E-state index in [0.717, 1.165) is 30.6 Å². The molecule has 0 unspecified atom stereocenters. The van der Waals surface area contributed by atoms with Crippen molar-refractivity contribution in [1.82, 2.24) is 5.32 Å². The van der Waals surface area contributed by atoms with Gasteiger partial charge in [-0.1, -0.05) is 17.7 Å². The maximum atomic E-state index is 12.2. The van der Waals surface area contributed by atoms with Crippen molar-refractivity contribution in [3.05, 3.63) is 59.0 Å². The number of ether oxygens (including phenoxy) is 1. The van der Waals surface area contributed by atoms with Crippen LogP contribution in [-0.2, 0) is 19.6 Å². The number of hydrogen-bond donors (Lipinski definition) is 2. The molecule has 0 saturated carbocycles. The van der Waals surface area contributed by atoms with Gasteiger partial charge < -0.3 is 10.1 Å². The van der Waals surface area contributed by atoms with Crippen LogP contribution in [0.4, 0.5) is 5.69 Å². The highest BCUT2D eigenvalue weighted by Gasteiger charge is 2.16.